The van der Waals surface area contributed by atoms with Crippen molar-refractivity contribution in [2.24, 2.45) is 13.0 Å². The van der Waals surface area contributed by atoms with Crippen LogP contribution in [0.3, 0.4) is 0 Å². The molecule has 1 aliphatic rings. The van der Waals surface area contributed by atoms with Gasteiger partial charge in [-0.2, -0.15) is 0 Å². The molecule has 1 aliphatic carbocycles. The van der Waals surface area contributed by atoms with Crippen molar-refractivity contribution in [3.8, 4) is 0 Å². The van der Waals surface area contributed by atoms with E-state index in [0.29, 0.717) is 22.7 Å². The number of hydrogen-bond donors (Lipinski definition) is 2. The lowest BCUT2D eigenvalue weighted by Crippen LogP contribution is -2.41. The van der Waals surface area contributed by atoms with Crippen LogP contribution in [0.4, 0.5) is 5.69 Å². The number of thioether (sulfide) groups is 1. The van der Waals surface area contributed by atoms with Crippen molar-refractivity contribution < 1.29 is 9.59 Å². The van der Waals surface area contributed by atoms with Gasteiger partial charge in [0.05, 0.1) is 12.2 Å². The molecule has 2 atom stereocenters. The maximum Gasteiger partial charge on any atom is 0.232 e. The van der Waals surface area contributed by atoms with Crippen molar-refractivity contribution in [1.82, 2.24) is 20.1 Å². The van der Waals surface area contributed by atoms with Gasteiger partial charge >= 0.3 is 0 Å². The van der Waals surface area contributed by atoms with Crippen molar-refractivity contribution >= 4 is 29.3 Å². The lowest BCUT2D eigenvalue weighted by atomic mass is 9.86. The Bertz CT molecular complexity index is 911. The third-order valence-electron chi connectivity index (χ3n) is 5.69. The highest BCUT2D eigenvalue weighted by Crippen LogP contribution is 2.24. The number of benzene rings is 1. The minimum absolute atomic E-state index is 0.0240. The fraction of sp³-hybridized carbons (Fsp3) is 0.545. The minimum atomic E-state index is -0.141. The van der Waals surface area contributed by atoms with Gasteiger partial charge in [0.1, 0.15) is 5.82 Å². The van der Waals surface area contributed by atoms with Crippen molar-refractivity contribution in [1.29, 1.82) is 0 Å². The Morgan fingerprint density at radius 3 is 2.67 bits per heavy atom. The van der Waals surface area contributed by atoms with Crippen LogP contribution in [-0.4, -0.2) is 38.4 Å². The summed E-state index contributed by atoms with van der Waals surface area (Å²) < 4.78 is 1.78. The molecule has 2 N–H and O–H groups in total. The van der Waals surface area contributed by atoms with Crippen molar-refractivity contribution in [3.63, 3.8) is 0 Å². The summed E-state index contributed by atoms with van der Waals surface area (Å²) in [4.78, 5) is 24.8. The average molecular weight is 430 g/mol. The maximum absolute atomic E-state index is 12.4. The van der Waals surface area contributed by atoms with E-state index in [0.717, 1.165) is 23.2 Å². The van der Waals surface area contributed by atoms with Crippen LogP contribution in [0.2, 0.25) is 0 Å². The van der Waals surface area contributed by atoms with Crippen LogP contribution in [0.25, 0.3) is 0 Å². The Morgan fingerprint density at radius 1 is 1.17 bits per heavy atom. The number of anilines is 1. The molecular formula is C22H31N5O2S. The Hall–Kier alpha value is -2.35. The molecule has 7 nitrogen and oxygen atoms in total. The molecule has 2 amide bonds. The normalized spacial score (nSPS) is 18.8. The average Bonchev–Trinajstić information content (AvgIpc) is 3.04. The molecule has 0 bridgehead atoms. The molecule has 1 fully saturated rings. The monoisotopic (exact) mass is 429 g/mol. The van der Waals surface area contributed by atoms with E-state index in [4.69, 9.17) is 0 Å². The SMILES string of the molecule is Cc1ccc(NC(=O)Cc2nnc(SCC(=O)N[C@H]3CCCC[C@H]3C)n2C)c(C)c1. The van der Waals surface area contributed by atoms with Gasteiger partial charge in [-0.1, -0.05) is 49.2 Å². The molecule has 1 aromatic carbocycles. The van der Waals surface area contributed by atoms with E-state index in [2.05, 4.69) is 27.8 Å². The van der Waals surface area contributed by atoms with E-state index in [1.54, 1.807) is 4.57 Å². The van der Waals surface area contributed by atoms with Crippen LogP contribution in [-0.2, 0) is 23.1 Å². The predicted molar refractivity (Wildman–Crippen MR) is 120 cm³/mol. The number of aromatic nitrogens is 3. The number of amides is 2. The highest BCUT2D eigenvalue weighted by Gasteiger charge is 2.23. The van der Waals surface area contributed by atoms with Crippen LogP contribution in [0.15, 0.2) is 23.4 Å². The third kappa shape index (κ3) is 5.84. The molecule has 3 rings (SSSR count). The van der Waals surface area contributed by atoms with Gasteiger partial charge in [0.25, 0.3) is 0 Å². The Morgan fingerprint density at radius 2 is 1.93 bits per heavy atom. The van der Waals surface area contributed by atoms with Crippen LogP contribution in [0.5, 0.6) is 0 Å². The van der Waals surface area contributed by atoms with Gasteiger partial charge in [0.15, 0.2) is 5.16 Å². The molecule has 2 aromatic rings. The quantitative estimate of drug-likeness (QED) is 0.659. The molecular weight excluding hydrogens is 398 g/mol. The van der Waals surface area contributed by atoms with Gasteiger partial charge in [0.2, 0.25) is 11.8 Å². The maximum atomic E-state index is 12.4. The largest absolute Gasteiger partial charge is 0.352 e. The number of nitrogens with one attached hydrogen (secondary N) is 2. The van der Waals surface area contributed by atoms with E-state index >= 15 is 0 Å². The molecule has 0 unspecified atom stereocenters. The van der Waals surface area contributed by atoms with Crippen molar-refractivity contribution in [2.45, 2.75) is 64.1 Å². The lowest BCUT2D eigenvalue weighted by molar-refractivity contribution is -0.120. The van der Waals surface area contributed by atoms with Gasteiger partial charge in [-0.25, -0.2) is 0 Å². The molecule has 1 saturated carbocycles. The van der Waals surface area contributed by atoms with Crippen molar-refractivity contribution in [3.05, 3.63) is 35.2 Å². The fourth-order valence-electron chi connectivity index (χ4n) is 3.83. The third-order valence-corrected chi connectivity index (χ3v) is 6.71. The summed E-state index contributed by atoms with van der Waals surface area (Å²) in [5, 5.41) is 15.0. The Balaban J connectivity index is 1.51. The zero-order valence-corrected chi connectivity index (χ0v) is 19.0. The summed E-state index contributed by atoms with van der Waals surface area (Å²) in [6, 6.07) is 6.19. The minimum Gasteiger partial charge on any atom is -0.352 e. The second-order valence-corrected chi connectivity index (χ2v) is 9.17. The first-order valence-corrected chi connectivity index (χ1v) is 11.5. The molecule has 0 spiro atoms. The van der Waals surface area contributed by atoms with E-state index in [-0.39, 0.29) is 24.3 Å². The number of hydrogen-bond acceptors (Lipinski definition) is 5. The first-order chi connectivity index (χ1) is 14.3. The van der Waals surface area contributed by atoms with Gasteiger partial charge in [-0.05, 0) is 44.2 Å². The molecule has 0 radical (unpaired) electrons. The van der Waals surface area contributed by atoms with E-state index in [9.17, 15) is 9.59 Å². The lowest BCUT2D eigenvalue weighted by Gasteiger charge is -2.29. The molecule has 30 heavy (non-hydrogen) atoms. The summed E-state index contributed by atoms with van der Waals surface area (Å²) in [7, 11) is 1.82. The van der Waals surface area contributed by atoms with Crippen LogP contribution >= 0.6 is 11.8 Å². The van der Waals surface area contributed by atoms with Gasteiger partial charge in [-0.3, -0.25) is 9.59 Å². The van der Waals surface area contributed by atoms with Crippen LogP contribution < -0.4 is 10.6 Å². The highest BCUT2D eigenvalue weighted by molar-refractivity contribution is 7.99. The highest BCUT2D eigenvalue weighted by atomic mass is 32.2. The van der Waals surface area contributed by atoms with Crippen LogP contribution in [0, 0.1) is 19.8 Å². The van der Waals surface area contributed by atoms with E-state index in [1.165, 1.54) is 31.0 Å². The van der Waals surface area contributed by atoms with Gasteiger partial charge in [-0.15, -0.1) is 10.2 Å². The fourth-order valence-corrected chi connectivity index (χ4v) is 4.57. The van der Waals surface area contributed by atoms with Gasteiger partial charge < -0.3 is 15.2 Å². The zero-order chi connectivity index (χ0) is 21.7. The topological polar surface area (TPSA) is 88.9 Å². The van der Waals surface area contributed by atoms with E-state index in [1.807, 2.05) is 39.1 Å². The Labute approximate surface area is 182 Å². The molecule has 8 heteroatoms. The Kier molecular flexibility index (Phi) is 7.53. The number of aryl methyl sites for hydroxylation is 2. The number of carbonyl (C=O) groups is 2. The van der Waals surface area contributed by atoms with E-state index < -0.39 is 0 Å². The molecule has 162 valence electrons. The summed E-state index contributed by atoms with van der Waals surface area (Å²) in [5.74, 6) is 1.28. The second kappa shape index (κ2) is 10.1. The van der Waals surface area contributed by atoms with Gasteiger partial charge in [0, 0.05) is 18.8 Å². The smallest absolute Gasteiger partial charge is 0.232 e. The summed E-state index contributed by atoms with van der Waals surface area (Å²) in [5.41, 5.74) is 2.98. The molecule has 1 heterocycles. The second-order valence-electron chi connectivity index (χ2n) is 8.23. The zero-order valence-electron chi connectivity index (χ0n) is 18.2. The molecule has 1 aromatic heterocycles. The number of rotatable bonds is 7. The summed E-state index contributed by atoms with van der Waals surface area (Å²) in [6.45, 7) is 6.20. The van der Waals surface area contributed by atoms with Crippen molar-refractivity contribution in [2.75, 3.05) is 11.1 Å². The standard InChI is InChI=1S/C22H31N5O2S/c1-14-9-10-18(16(3)11-14)23-20(28)12-19-25-26-22(27(19)4)30-13-21(29)24-17-8-6-5-7-15(17)2/h9-11,15,17H,5-8,12-13H2,1-4H3,(H,23,28)(H,24,29)/t15-,17+/m1/s1. The summed E-state index contributed by atoms with van der Waals surface area (Å²) in [6.07, 6.45) is 4.79. The van der Waals surface area contributed by atoms with Crippen LogP contribution in [0.1, 0.15) is 49.6 Å². The molecule has 0 aliphatic heterocycles. The first kappa shape index (κ1) is 22.3. The number of carbonyl (C=O) groups excluding carboxylic acids is 2. The first-order valence-electron chi connectivity index (χ1n) is 10.5. The predicted octanol–water partition coefficient (Wildman–Crippen LogP) is 3.40. The molecule has 0 saturated heterocycles. The number of nitrogens with zero attached hydrogens (tertiary/aromatic N) is 3. The summed E-state index contributed by atoms with van der Waals surface area (Å²) >= 11 is 1.35.